The Morgan fingerprint density at radius 1 is 1.29 bits per heavy atom. The minimum atomic E-state index is -4.38. The summed E-state index contributed by atoms with van der Waals surface area (Å²) in [5.74, 6) is -0.251. The van der Waals surface area contributed by atoms with Crippen molar-refractivity contribution in [1.82, 2.24) is 0 Å². The van der Waals surface area contributed by atoms with Crippen LogP contribution in [0.15, 0.2) is 24.3 Å². The highest BCUT2D eigenvalue weighted by Crippen LogP contribution is 2.31. The first-order valence-electron chi connectivity index (χ1n) is 6.71. The second-order valence-corrected chi connectivity index (χ2v) is 4.91. The molecular weight excluding hydrogens is 285 g/mol. The summed E-state index contributed by atoms with van der Waals surface area (Å²) < 4.78 is 43.0. The van der Waals surface area contributed by atoms with Gasteiger partial charge in [-0.25, -0.2) is 0 Å². The number of amides is 1. The quantitative estimate of drug-likeness (QED) is 0.927. The summed E-state index contributed by atoms with van der Waals surface area (Å²) in [6.45, 7) is 0.814. The zero-order valence-corrected chi connectivity index (χ0v) is 11.4. The highest BCUT2D eigenvalue weighted by Gasteiger charge is 2.31. The number of carbonyl (C=O) groups excluding carboxylic acids is 1. The number of anilines is 1. The van der Waals surface area contributed by atoms with Gasteiger partial charge in [0.2, 0.25) is 0 Å². The molecule has 1 heterocycles. The molecule has 2 rings (SSSR count). The van der Waals surface area contributed by atoms with Crippen LogP contribution in [0.1, 0.15) is 18.4 Å². The van der Waals surface area contributed by atoms with Gasteiger partial charge in [-0.15, -0.1) is 0 Å². The van der Waals surface area contributed by atoms with Crippen LogP contribution in [0.5, 0.6) is 0 Å². The largest absolute Gasteiger partial charge is 0.416 e. The number of morpholine rings is 1. The normalized spacial score (nSPS) is 19.9. The number of benzene rings is 1. The predicted molar refractivity (Wildman–Crippen MR) is 71.8 cm³/mol. The molecule has 0 aromatic heterocycles. The summed E-state index contributed by atoms with van der Waals surface area (Å²) in [6.07, 6.45) is -3.01. The van der Waals surface area contributed by atoms with Crippen molar-refractivity contribution in [2.24, 2.45) is 5.73 Å². The molecule has 1 saturated heterocycles. The van der Waals surface area contributed by atoms with E-state index in [-0.39, 0.29) is 18.6 Å². The van der Waals surface area contributed by atoms with Gasteiger partial charge in [0.1, 0.15) is 6.61 Å². The number of halogens is 3. The molecule has 1 aromatic rings. The second kappa shape index (κ2) is 6.44. The lowest BCUT2D eigenvalue weighted by molar-refractivity contribution is -0.137. The molecule has 7 heteroatoms. The molecular formula is C14H17F3N2O2. The molecule has 1 aliphatic heterocycles. The molecule has 1 amide bonds. The Morgan fingerprint density at radius 2 is 1.95 bits per heavy atom. The molecule has 4 nitrogen and oxygen atoms in total. The summed E-state index contributed by atoms with van der Waals surface area (Å²) in [7, 11) is 0. The lowest BCUT2D eigenvalue weighted by atomic mass is 10.1. The fourth-order valence-electron chi connectivity index (χ4n) is 2.23. The third-order valence-electron chi connectivity index (χ3n) is 3.37. The maximum atomic E-state index is 12.5. The molecule has 0 spiro atoms. The fraction of sp³-hybridized carbons (Fsp3) is 0.500. The lowest BCUT2D eigenvalue weighted by Gasteiger charge is -2.33. The molecule has 1 fully saturated rings. The second-order valence-electron chi connectivity index (χ2n) is 4.91. The zero-order chi connectivity index (χ0) is 15.5. The van der Waals surface area contributed by atoms with Crippen LogP contribution < -0.4 is 10.6 Å². The van der Waals surface area contributed by atoms with Gasteiger partial charge < -0.3 is 15.4 Å². The topological polar surface area (TPSA) is 55.6 Å². The van der Waals surface area contributed by atoms with Gasteiger partial charge in [0.05, 0.1) is 18.2 Å². The third-order valence-corrected chi connectivity index (χ3v) is 3.37. The van der Waals surface area contributed by atoms with Crippen LogP contribution in [0.2, 0.25) is 0 Å². The zero-order valence-electron chi connectivity index (χ0n) is 11.4. The van der Waals surface area contributed by atoms with Crippen molar-refractivity contribution in [2.45, 2.75) is 25.1 Å². The van der Waals surface area contributed by atoms with Crippen LogP contribution in [-0.4, -0.2) is 31.7 Å². The van der Waals surface area contributed by atoms with Crippen molar-refractivity contribution in [3.8, 4) is 0 Å². The number of carbonyl (C=O) groups is 1. The van der Waals surface area contributed by atoms with Crippen LogP contribution >= 0.6 is 0 Å². The molecule has 1 aromatic carbocycles. The van der Waals surface area contributed by atoms with Gasteiger partial charge in [-0.3, -0.25) is 4.79 Å². The van der Waals surface area contributed by atoms with Crippen molar-refractivity contribution in [3.63, 3.8) is 0 Å². The molecule has 0 radical (unpaired) electrons. The minimum absolute atomic E-state index is 0.0593. The number of nitrogens with two attached hydrogens (primary N) is 1. The summed E-state index contributed by atoms with van der Waals surface area (Å²) in [5, 5.41) is 0. The van der Waals surface area contributed by atoms with Gasteiger partial charge in [0.25, 0.3) is 5.91 Å². The molecule has 0 aliphatic carbocycles. The molecule has 0 bridgehead atoms. The van der Waals surface area contributed by atoms with Gasteiger partial charge in [-0.1, -0.05) is 0 Å². The number of ether oxygens (including phenoxy) is 1. The number of nitrogens with zero attached hydrogens (tertiary/aromatic N) is 1. The average Bonchev–Trinajstić information content (AvgIpc) is 2.46. The molecule has 2 N–H and O–H groups in total. The van der Waals surface area contributed by atoms with E-state index in [4.69, 9.17) is 10.5 Å². The minimum Gasteiger partial charge on any atom is -0.367 e. The Morgan fingerprint density at radius 3 is 2.52 bits per heavy atom. The standard InChI is InChI=1S/C14H17F3N2O2/c15-14(16,17)10-3-5-11(6-4-10)19-8-12(2-1-7-18)21-9-13(19)20/h3-6,12H,1-2,7-9,18H2. The smallest absolute Gasteiger partial charge is 0.367 e. The van der Waals surface area contributed by atoms with E-state index in [1.807, 2.05) is 0 Å². The van der Waals surface area contributed by atoms with Crippen molar-refractivity contribution in [2.75, 3.05) is 24.6 Å². The van der Waals surface area contributed by atoms with Crippen molar-refractivity contribution in [1.29, 1.82) is 0 Å². The van der Waals surface area contributed by atoms with Crippen LogP contribution in [0.3, 0.4) is 0 Å². The molecule has 0 saturated carbocycles. The van der Waals surface area contributed by atoms with Crippen molar-refractivity contribution in [3.05, 3.63) is 29.8 Å². The van der Waals surface area contributed by atoms with Gasteiger partial charge in [0, 0.05) is 5.69 Å². The summed E-state index contributed by atoms with van der Waals surface area (Å²) in [5.41, 5.74) is 5.16. The number of hydrogen-bond donors (Lipinski definition) is 1. The van der Waals surface area contributed by atoms with Crippen molar-refractivity contribution >= 4 is 11.6 Å². The SMILES string of the molecule is NCCCC1CN(c2ccc(C(F)(F)F)cc2)C(=O)CO1. The molecule has 1 aliphatic rings. The number of rotatable bonds is 4. The Labute approximate surface area is 120 Å². The maximum absolute atomic E-state index is 12.5. The highest BCUT2D eigenvalue weighted by molar-refractivity contribution is 5.95. The maximum Gasteiger partial charge on any atom is 0.416 e. The Hall–Kier alpha value is -1.60. The third kappa shape index (κ3) is 3.95. The monoisotopic (exact) mass is 302 g/mol. The van der Waals surface area contributed by atoms with Gasteiger partial charge >= 0.3 is 6.18 Å². The van der Waals surface area contributed by atoms with Crippen molar-refractivity contribution < 1.29 is 22.7 Å². The molecule has 1 unspecified atom stereocenters. The van der Waals surface area contributed by atoms with Gasteiger partial charge in [0.15, 0.2) is 0 Å². The van der Waals surface area contributed by atoms with E-state index in [0.717, 1.165) is 25.0 Å². The van der Waals surface area contributed by atoms with Crippen LogP contribution in [0.4, 0.5) is 18.9 Å². The number of alkyl halides is 3. The van der Waals surface area contributed by atoms with E-state index in [9.17, 15) is 18.0 Å². The highest BCUT2D eigenvalue weighted by atomic mass is 19.4. The van der Waals surface area contributed by atoms with E-state index in [2.05, 4.69) is 0 Å². The first-order chi connectivity index (χ1) is 9.91. The van der Waals surface area contributed by atoms with Gasteiger partial charge in [-0.2, -0.15) is 13.2 Å². The first-order valence-corrected chi connectivity index (χ1v) is 6.71. The average molecular weight is 302 g/mol. The fourth-order valence-corrected chi connectivity index (χ4v) is 2.23. The summed E-state index contributed by atoms with van der Waals surface area (Å²) >= 11 is 0. The van der Waals surface area contributed by atoms with Crippen LogP contribution in [0, 0.1) is 0 Å². The Kier molecular flexibility index (Phi) is 4.84. The van der Waals surface area contributed by atoms with E-state index >= 15 is 0 Å². The number of hydrogen-bond acceptors (Lipinski definition) is 3. The lowest BCUT2D eigenvalue weighted by Crippen LogP contribution is -2.46. The Balaban J connectivity index is 2.10. The summed E-state index contributed by atoms with van der Waals surface area (Å²) in [6, 6.07) is 4.58. The van der Waals surface area contributed by atoms with E-state index in [1.165, 1.54) is 17.0 Å². The molecule has 1 atom stereocenters. The summed E-state index contributed by atoms with van der Waals surface area (Å²) in [4.78, 5) is 13.3. The van der Waals surface area contributed by atoms with Gasteiger partial charge in [-0.05, 0) is 43.7 Å². The Bertz CT molecular complexity index is 488. The van der Waals surface area contributed by atoms with E-state index in [0.29, 0.717) is 18.8 Å². The van der Waals surface area contributed by atoms with Crippen LogP contribution in [0.25, 0.3) is 0 Å². The van der Waals surface area contributed by atoms with E-state index < -0.39 is 11.7 Å². The predicted octanol–water partition coefficient (Wildman–Crippen LogP) is 2.18. The van der Waals surface area contributed by atoms with E-state index in [1.54, 1.807) is 0 Å². The van der Waals surface area contributed by atoms with Crippen LogP contribution in [-0.2, 0) is 15.7 Å². The first kappa shape index (κ1) is 15.8. The molecule has 116 valence electrons. The molecule has 21 heavy (non-hydrogen) atoms.